The molecule has 3 N–H and O–H groups in total. The molecule has 5 heteroatoms. The highest BCUT2D eigenvalue weighted by molar-refractivity contribution is 5.87. The standard InChI is InChI=1S/C14H28N2O3/c1-8(2)10(15)12(17)16-11(9(3)4)13(18)19-14(5,6)7/h8-11H,15H2,1-7H3,(H,16,17)/t10-,11-/m0/s1. The molecular formula is C14H28N2O3. The number of amides is 1. The Hall–Kier alpha value is -1.10. The minimum absolute atomic E-state index is 0.0199. The number of carbonyl (C=O) groups excluding carboxylic acids is 2. The molecule has 0 heterocycles. The number of nitrogens with one attached hydrogen (secondary N) is 1. The number of carbonyl (C=O) groups is 2. The molecule has 112 valence electrons. The van der Waals surface area contributed by atoms with Crippen LogP contribution in [-0.4, -0.2) is 29.6 Å². The van der Waals surface area contributed by atoms with Crippen molar-refractivity contribution < 1.29 is 14.3 Å². The largest absolute Gasteiger partial charge is 0.458 e. The van der Waals surface area contributed by atoms with Gasteiger partial charge in [-0.2, -0.15) is 0 Å². The third kappa shape index (κ3) is 6.57. The smallest absolute Gasteiger partial charge is 0.329 e. The third-order valence-corrected chi connectivity index (χ3v) is 2.65. The van der Waals surface area contributed by atoms with Crippen LogP contribution in [0.4, 0.5) is 0 Å². The fourth-order valence-corrected chi connectivity index (χ4v) is 1.42. The van der Waals surface area contributed by atoms with E-state index in [0.717, 1.165) is 0 Å². The first-order valence-corrected chi connectivity index (χ1v) is 6.74. The van der Waals surface area contributed by atoms with E-state index in [1.807, 2.05) is 27.7 Å². The van der Waals surface area contributed by atoms with Crippen molar-refractivity contribution in [1.29, 1.82) is 0 Å². The van der Waals surface area contributed by atoms with Gasteiger partial charge in [-0.3, -0.25) is 4.79 Å². The van der Waals surface area contributed by atoms with Gasteiger partial charge >= 0.3 is 5.97 Å². The van der Waals surface area contributed by atoms with Crippen molar-refractivity contribution in [1.82, 2.24) is 5.32 Å². The predicted octanol–water partition coefficient (Wildman–Crippen LogP) is 1.45. The van der Waals surface area contributed by atoms with Gasteiger partial charge in [-0.15, -0.1) is 0 Å². The molecule has 0 aliphatic carbocycles. The third-order valence-electron chi connectivity index (χ3n) is 2.65. The molecule has 0 rings (SSSR count). The molecule has 0 bridgehead atoms. The number of esters is 1. The zero-order valence-electron chi connectivity index (χ0n) is 13.1. The van der Waals surface area contributed by atoms with Gasteiger partial charge in [-0.1, -0.05) is 27.7 Å². The average Bonchev–Trinajstić information content (AvgIpc) is 2.20. The maximum Gasteiger partial charge on any atom is 0.329 e. The summed E-state index contributed by atoms with van der Waals surface area (Å²) in [5.74, 6) is -0.782. The van der Waals surface area contributed by atoms with Crippen LogP contribution in [0.1, 0.15) is 48.5 Å². The van der Waals surface area contributed by atoms with Gasteiger partial charge in [0.25, 0.3) is 0 Å². The van der Waals surface area contributed by atoms with Crippen molar-refractivity contribution in [2.45, 2.75) is 66.2 Å². The summed E-state index contributed by atoms with van der Waals surface area (Å²) in [4.78, 5) is 24.0. The normalized spacial score (nSPS) is 15.3. The van der Waals surface area contributed by atoms with Crippen molar-refractivity contribution in [3.63, 3.8) is 0 Å². The Balaban J connectivity index is 4.76. The zero-order valence-corrected chi connectivity index (χ0v) is 13.1. The lowest BCUT2D eigenvalue weighted by Gasteiger charge is -2.27. The van der Waals surface area contributed by atoms with E-state index < -0.39 is 23.7 Å². The highest BCUT2D eigenvalue weighted by atomic mass is 16.6. The van der Waals surface area contributed by atoms with E-state index in [0.29, 0.717) is 0 Å². The van der Waals surface area contributed by atoms with Crippen LogP contribution in [0.2, 0.25) is 0 Å². The first kappa shape index (κ1) is 17.9. The molecule has 0 spiro atoms. The maximum atomic E-state index is 12.1. The molecule has 0 saturated heterocycles. The summed E-state index contributed by atoms with van der Waals surface area (Å²) < 4.78 is 5.31. The monoisotopic (exact) mass is 272 g/mol. The minimum atomic E-state index is -0.670. The van der Waals surface area contributed by atoms with E-state index in [1.165, 1.54) is 0 Å². The van der Waals surface area contributed by atoms with E-state index in [9.17, 15) is 9.59 Å². The predicted molar refractivity (Wildman–Crippen MR) is 75.4 cm³/mol. The summed E-state index contributed by atoms with van der Waals surface area (Å²) in [5, 5.41) is 2.68. The van der Waals surface area contributed by atoms with Gasteiger partial charge < -0.3 is 15.8 Å². The van der Waals surface area contributed by atoms with Gasteiger partial charge in [0, 0.05) is 0 Å². The Morgan fingerprint density at radius 2 is 1.53 bits per heavy atom. The fourth-order valence-electron chi connectivity index (χ4n) is 1.42. The summed E-state index contributed by atoms with van der Waals surface area (Å²) in [6, 6.07) is -1.29. The SMILES string of the molecule is CC(C)[C@H](N)C(=O)N[C@H](C(=O)OC(C)(C)C)C(C)C. The first-order valence-electron chi connectivity index (χ1n) is 6.74. The summed E-state index contributed by atoms with van der Waals surface area (Å²) in [7, 11) is 0. The van der Waals surface area contributed by atoms with Gasteiger partial charge in [-0.25, -0.2) is 4.79 Å². The van der Waals surface area contributed by atoms with Crippen LogP contribution in [0.5, 0.6) is 0 Å². The molecule has 0 saturated carbocycles. The van der Waals surface area contributed by atoms with Gasteiger partial charge in [0.15, 0.2) is 0 Å². The van der Waals surface area contributed by atoms with Crippen molar-refractivity contribution >= 4 is 11.9 Å². The van der Waals surface area contributed by atoms with Crippen LogP contribution in [0, 0.1) is 11.8 Å². The number of ether oxygens (including phenoxy) is 1. The minimum Gasteiger partial charge on any atom is -0.458 e. The van der Waals surface area contributed by atoms with E-state index in [2.05, 4.69) is 5.32 Å². The Morgan fingerprint density at radius 1 is 1.05 bits per heavy atom. The molecule has 5 nitrogen and oxygen atoms in total. The van der Waals surface area contributed by atoms with Crippen LogP contribution in [0.25, 0.3) is 0 Å². The Bertz CT molecular complexity index is 319. The molecule has 0 unspecified atom stereocenters. The van der Waals surface area contributed by atoms with Crippen LogP contribution in [-0.2, 0) is 14.3 Å². The summed E-state index contributed by atoms with van der Waals surface area (Å²) in [6.07, 6.45) is 0. The van der Waals surface area contributed by atoms with E-state index in [1.54, 1.807) is 20.8 Å². The number of hydrogen-bond acceptors (Lipinski definition) is 4. The van der Waals surface area contributed by atoms with Gasteiger partial charge in [-0.05, 0) is 32.6 Å². The fraction of sp³-hybridized carbons (Fsp3) is 0.857. The van der Waals surface area contributed by atoms with Gasteiger partial charge in [0.05, 0.1) is 6.04 Å². The average molecular weight is 272 g/mol. The molecule has 19 heavy (non-hydrogen) atoms. The summed E-state index contributed by atoms with van der Waals surface area (Å²) in [6.45, 7) is 12.8. The Kier molecular flexibility index (Phi) is 6.49. The summed E-state index contributed by atoms with van der Waals surface area (Å²) >= 11 is 0. The molecule has 0 radical (unpaired) electrons. The first-order chi connectivity index (χ1) is 8.45. The number of hydrogen-bond donors (Lipinski definition) is 2. The summed E-state index contributed by atoms with van der Waals surface area (Å²) in [5.41, 5.74) is 5.20. The van der Waals surface area contributed by atoms with E-state index in [4.69, 9.17) is 10.5 Å². The molecule has 0 fully saturated rings. The second-order valence-corrected chi connectivity index (χ2v) is 6.53. The second kappa shape index (κ2) is 6.89. The highest BCUT2D eigenvalue weighted by Gasteiger charge is 2.31. The topological polar surface area (TPSA) is 81.4 Å². The molecule has 2 atom stereocenters. The lowest BCUT2D eigenvalue weighted by molar-refractivity contribution is -0.160. The zero-order chi connectivity index (χ0) is 15.4. The molecule has 1 amide bonds. The molecule has 0 aromatic carbocycles. The molecule has 0 aliphatic heterocycles. The highest BCUT2D eigenvalue weighted by Crippen LogP contribution is 2.12. The van der Waals surface area contributed by atoms with Crippen LogP contribution < -0.4 is 11.1 Å². The van der Waals surface area contributed by atoms with Crippen molar-refractivity contribution in [3.05, 3.63) is 0 Å². The van der Waals surface area contributed by atoms with Crippen LogP contribution >= 0.6 is 0 Å². The number of rotatable bonds is 5. The van der Waals surface area contributed by atoms with Gasteiger partial charge in [0.2, 0.25) is 5.91 Å². The quantitative estimate of drug-likeness (QED) is 0.742. The molecule has 0 aromatic heterocycles. The lowest BCUT2D eigenvalue weighted by Crippen LogP contribution is -2.53. The lowest BCUT2D eigenvalue weighted by atomic mass is 10.0. The Labute approximate surface area is 116 Å². The molecular weight excluding hydrogens is 244 g/mol. The number of nitrogens with two attached hydrogens (primary N) is 1. The van der Waals surface area contributed by atoms with Crippen LogP contribution in [0.3, 0.4) is 0 Å². The van der Waals surface area contributed by atoms with Crippen molar-refractivity contribution in [3.8, 4) is 0 Å². The Morgan fingerprint density at radius 3 is 1.84 bits per heavy atom. The van der Waals surface area contributed by atoms with Crippen molar-refractivity contribution in [2.75, 3.05) is 0 Å². The maximum absolute atomic E-state index is 12.1. The molecule has 0 aromatic rings. The second-order valence-electron chi connectivity index (χ2n) is 6.53. The van der Waals surface area contributed by atoms with Crippen molar-refractivity contribution in [2.24, 2.45) is 17.6 Å². The molecule has 0 aliphatic rings. The van der Waals surface area contributed by atoms with Gasteiger partial charge in [0.1, 0.15) is 11.6 Å². The van der Waals surface area contributed by atoms with Crippen LogP contribution in [0.15, 0.2) is 0 Å². The van der Waals surface area contributed by atoms with E-state index in [-0.39, 0.29) is 17.7 Å². The van der Waals surface area contributed by atoms with E-state index >= 15 is 0 Å².